The number of amides is 1. The lowest BCUT2D eigenvalue weighted by molar-refractivity contribution is -0.142. The molecule has 2 aromatic rings. The largest absolute Gasteiger partial charge is 0.481 e. The first kappa shape index (κ1) is 22.4. The fraction of sp³-hybridized carbons (Fsp3) is 0.636. The summed E-state index contributed by atoms with van der Waals surface area (Å²) in [6.07, 6.45) is 2.59. The fourth-order valence-electron chi connectivity index (χ4n) is 4.76. The van der Waals surface area contributed by atoms with Crippen LogP contribution in [0.1, 0.15) is 26.0 Å². The van der Waals surface area contributed by atoms with Crippen LogP contribution in [0.15, 0.2) is 18.3 Å². The number of imidazole rings is 1. The number of anilines is 1. The molecule has 0 aliphatic carbocycles. The first-order valence-corrected chi connectivity index (χ1v) is 12.7. The molecule has 0 aromatic carbocycles. The Bertz CT molecular complexity index is 1040. The van der Waals surface area contributed by atoms with Gasteiger partial charge in [-0.15, -0.1) is 16.9 Å². The van der Waals surface area contributed by atoms with Crippen LogP contribution in [-0.4, -0.2) is 104 Å². The van der Waals surface area contributed by atoms with Gasteiger partial charge in [0.05, 0.1) is 23.8 Å². The number of nitrogens with zero attached hydrogens (tertiary/aromatic N) is 6. The van der Waals surface area contributed by atoms with Gasteiger partial charge in [-0.05, 0) is 32.4 Å². The number of aliphatic carboxylic acids is 1. The predicted molar refractivity (Wildman–Crippen MR) is 127 cm³/mol. The minimum Gasteiger partial charge on any atom is -0.481 e. The molecular formula is C22H31N7O3S. The second-order valence-electron chi connectivity index (χ2n) is 9.56. The average molecular weight is 474 g/mol. The van der Waals surface area contributed by atoms with Crippen molar-refractivity contribution in [2.45, 2.75) is 37.8 Å². The Balaban J connectivity index is 1.19. The first-order chi connectivity index (χ1) is 15.8. The standard InChI is InChI=1S/C22H31N7O3S/c1-22(2,21(31)32)17-13-29-18(24-17)3-4-19(25-29)27-7-5-26(6-8-27)15-11-16(23-12-15)20(30)28-9-10-33-14-28/h3-4,13,15-16,23H,5-12,14H2,1-2H3,(H,31,32)/t15-,16-/m0/s1. The molecule has 0 saturated carbocycles. The molecular weight excluding hydrogens is 442 g/mol. The van der Waals surface area contributed by atoms with Crippen LogP contribution in [0.25, 0.3) is 5.65 Å². The predicted octanol–water partition coefficient (Wildman–Crippen LogP) is 0.477. The topological polar surface area (TPSA) is 106 Å². The zero-order valence-corrected chi connectivity index (χ0v) is 19.9. The molecule has 3 saturated heterocycles. The maximum absolute atomic E-state index is 12.7. The first-order valence-electron chi connectivity index (χ1n) is 11.5. The van der Waals surface area contributed by atoms with Crippen LogP contribution in [0.5, 0.6) is 0 Å². The van der Waals surface area contributed by atoms with Crippen molar-refractivity contribution in [2.75, 3.05) is 55.8 Å². The van der Waals surface area contributed by atoms with Gasteiger partial charge in [-0.25, -0.2) is 9.50 Å². The summed E-state index contributed by atoms with van der Waals surface area (Å²) in [5.41, 5.74) is 0.0717. The lowest BCUT2D eigenvalue weighted by Gasteiger charge is -2.38. The lowest BCUT2D eigenvalue weighted by Crippen LogP contribution is -2.51. The Morgan fingerprint density at radius 3 is 2.67 bits per heavy atom. The van der Waals surface area contributed by atoms with Crippen molar-refractivity contribution in [3.63, 3.8) is 0 Å². The van der Waals surface area contributed by atoms with Crippen molar-refractivity contribution in [2.24, 2.45) is 0 Å². The molecule has 2 aromatic heterocycles. The van der Waals surface area contributed by atoms with Crippen LogP contribution in [0, 0.1) is 0 Å². The van der Waals surface area contributed by atoms with E-state index in [1.165, 1.54) is 0 Å². The molecule has 11 heteroatoms. The van der Waals surface area contributed by atoms with Crippen molar-refractivity contribution >= 4 is 35.1 Å². The molecule has 3 aliphatic rings. The average Bonchev–Trinajstić information content (AvgIpc) is 3.59. The van der Waals surface area contributed by atoms with E-state index in [9.17, 15) is 14.7 Å². The van der Waals surface area contributed by atoms with Crippen molar-refractivity contribution in [3.8, 4) is 0 Å². The number of thioether (sulfide) groups is 1. The number of hydrogen-bond donors (Lipinski definition) is 2. The maximum Gasteiger partial charge on any atom is 0.315 e. The van der Waals surface area contributed by atoms with Gasteiger partial charge in [0.1, 0.15) is 11.2 Å². The third-order valence-electron chi connectivity index (χ3n) is 7.11. The highest BCUT2D eigenvalue weighted by atomic mass is 32.2. The van der Waals surface area contributed by atoms with Gasteiger partial charge in [0, 0.05) is 51.1 Å². The molecule has 5 rings (SSSR count). The second kappa shape index (κ2) is 8.77. The molecule has 1 amide bonds. The second-order valence-corrected chi connectivity index (χ2v) is 10.6. The number of carboxylic acid groups (broad SMARTS) is 1. The number of nitrogens with one attached hydrogen (secondary N) is 1. The van der Waals surface area contributed by atoms with Crippen LogP contribution < -0.4 is 10.2 Å². The Hall–Kier alpha value is -2.37. The van der Waals surface area contributed by atoms with Gasteiger partial charge < -0.3 is 20.2 Å². The Labute approximate surface area is 197 Å². The monoisotopic (exact) mass is 473 g/mol. The fourth-order valence-corrected chi connectivity index (χ4v) is 5.71. The highest BCUT2D eigenvalue weighted by molar-refractivity contribution is 7.99. The summed E-state index contributed by atoms with van der Waals surface area (Å²) in [5.74, 6) is 2.07. The zero-order chi connectivity index (χ0) is 23.2. The molecule has 0 radical (unpaired) electrons. The molecule has 0 unspecified atom stereocenters. The van der Waals surface area contributed by atoms with Crippen molar-refractivity contribution < 1.29 is 14.7 Å². The summed E-state index contributed by atoms with van der Waals surface area (Å²) >= 11 is 1.82. The molecule has 178 valence electrons. The Morgan fingerprint density at radius 2 is 1.97 bits per heavy atom. The third kappa shape index (κ3) is 4.29. The zero-order valence-electron chi connectivity index (χ0n) is 19.1. The van der Waals surface area contributed by atoms with Crippen molar-refractivity contribution in [3.05, 3.63) is 24.0 Å². The van der Waals surface area contributed by atoms with Gasteiger partial charge in [0.15, 0.2) is 5.65 Å². The molecule has 33 heavy (non-hydrogen) atoms. The van der Waals surface area contributed by atoms with E-state index < -0.39 is 11.4 Å². The number of aromatic nitrogens is 3. The minimum atomic E-state index is -1.07. The number of carboxylic acids is 1. The van der Waals surface area contributed by atoms with Crippen LogP contribution in [0.4, 0.5) is 5.82 Å². The summed E-state index contributed by atoms with van der Waals surface area (Å²) in [4.78, 5) is 35.4. The van der Waals surface area contributed by atoms with Gasteiger partial charge >= 0.3 is 5.97 Å². The van der Waals surface area contributed by atoms with Crippen LogP contribution >= 0.6 is 11.8 Å². The smallest absolute Gasteiger partial charge is 0.315 e. The van der Waals surface area contributed by atoms with Gasteiger partial charge in [-0.2, -0.15) is 0 Å². The highest BCUT2D eigenvalue weighted by Crippen LogP contribution is 2.25. The van der Waals surface area contributed by atoms with Crippen LogP contribution in [-0.2, 0) is 15.0 Å². The molecule has 2 N–H and O–H groups in total. The van der Waals surface area contributed by atoms with E-state index in [0.717, 1.165) is 63.1 Å². The highest BCUT2D eigenvalue weighted by Gasteiger charge is 2.37. The lowest BCUT2D eigenvalue weighted by atomic mass is 9.90. The van der Waals surface area contributed by atoms with Gasteiger partial charge in [-0.3, -0.25) is 14.5 Å². The maximum atomic E-state index is 12.7. The van der Waals surface area contributed by atoms with E-state index in [-0.39, 0.29) is 11.9 Å². The van der Waals surface area contributed by atoms with Gasteiger partial charge in [-0.1, -0.05) is 0 Å². The Kier molecular flexibility index (Phi) is 5.96. The number of carbonyl (C=O) groups is 2. The van der Waals surface area contributed by atoms with E-state index in [1.807, 2.05) is 28.8 Å². The number of fused-ring (bicyclic) bond motifs is 1. The molecule has 10 nitrogen and oxygen atoms in total. The number of piperazine rings is 1. The molecule has 3 aliphatic heterocycles. The summed E-state index contributed by atoms with van der Waals surface area (Å²) in [6, 6.07) is 4.18. The van der Waals surface area contributed by atoms with Crippen LogP contribution in [0.2, 0.25) is 0 Å². The normalized spacial score (nSPS) is 24.7. The number of hydrogen-bond acceptors (Lipinski definition) is 8. The van der Waals surface area contributed by atoms with Crippen molar-refractivity contribution in [1.82, 2.24) is 29.7 Å². The molecule has 0 bridgehead atoms. The third-order valence-corrected chi connectivity index (χ3v) is 8.07. The van der Waals surface area contributed by atoms with Crippen LogP contribution in [0.3, 0.4) is 0 Å². The van der Waals surface area contributed by atoms with E-state index in [1.54, 1.807) is 24.6 Å². The van der Waals surface area contributed by atoms with E-state index in [0.29, 0.717) is 17.4 Å². The van der Waals surface area contributed by atoms with E-state index in [4.69, 9.17) is 5.10 Å². The Morgan fingerprint density at radius 1 is 1.18 bits per heavy atom. The van der Waals surface area contributed by atoms with Gasteiger partial charge in [0.2, 0.25) is 5.91 Å². The molecule has 3 fully saturated rings. The summed E-state index contributed by atoms with van der Waals surface area (Å²) in [5, 5.41) is 17.6. The summed E-state index contributed by atoms with van der Waals surface area (Å²) in [7, 11) is 0. The molecule has 2 atom stereocenters. The van der Waals surface area contributed by atoms with Gasteiger partial charge in [0.25, 0.3) is 0 Å². The van der Waals surface area contributed by atoms with E-state index >= 15 is 0 Å². The quantitative estimate of drug-likeness (QED) is 0.641. The summed E-state index contributed by atoms with van der Waals surface area (Å²) < 4.78 is 1.68. The minimum absolute atomic E-state index is 0.0544. The molecule has 0 spiro atoms. The van der Waals surface area contributed by atoms with Crippen molar-refractivity contribution in [1.29, 1.82) is 0 Å². The summed E-state index contributed by atoms with van der Waals surface area (Å²) in [6.45, 7) is 8.60. The number of carbonyl (C=O) groups excluding carboxylic acids is 1. The molecule has 5 heterocycles. The van der Waals surface area contributed by atoms with E-state index in [2.05, 4.69) is 20.1 Å². The number of rotatable bonds is 5. The SMILES string of the molecule is CC(C)(C(=O)O)c1cn2nc(N3CCN([C@@H]4CN[C@H](C(=O)N5CCSC5)C4)CC3)ccc2n1.